The molecule has 0 unspecified atom stereocenters. The minimum atomic E-state index is -0.368. The van der Waals surface area contributed by atoms with Crippen LogP contribution in [0, 0.1) is 12.7 Å². The number of furan rings is 1. The normalized spacial score (nSPS) is 11.1. The van der Waals surface area contributed by atoms with Gasteiger partial charge in [0.2, 0.25) is 0 Å². The van der Waals surface area contributed by atoms with Gasteiger partial charge in [0.15, 0.2) is 10.8 Å². The first-order chi connectivity index (χ1) is 12.1. The number of aromatic nitrogens is 2. The predicted molar refractivity (Wildman–Crippen MR) is 90.0 cm³/mol. The molecule has 0 radical (unpaired) electrons. The monoisotopic (exact) mass is 357 g/mol. The molecule has 0 atom stereocenters. The Bertz CT molecular complexity index is 1040. The minimum absolute atomic E-state index is 0.175. The van der Waals surface area contributed by atoms with Gasteiger partial charge in [0.1, 0.15) is 17.3 Å². The van der Waals surface area contributed by atoms with Crippen LogP contribution in [0.3, 0.4) is 0 Å². The number of anilines is 1. The van der Waals surface area contributed by atoms with Crippen LogP contribution in [0.2, 0.25) is 0 Å². The highest BCUT2D eigenvalue weighted by Gasteiger charge is 2.25. The maximum Gasteiger partial charge on any atom is 0.282 e. The average molecular weight is 357 g/mol. The number of hydrogen-bond acceptors (Lipinski definition) is 6. The number of carbonyl (C=O) groups is 1. The standard InChI is InChI=1S/C17H12FN3O3S/c1-10-7-14(20-24-10)16(22)21(9-12-3-2-6-23-12)17-19-13-5-4-11(18)8-15(13)25-17/h2-8H,9H2,1H3. The summed E-state index contributed by atoms with van der Waals surface area (Å²) >= 11 is 1.23. The van der Waals surface area contributed by atoms with E-state index < -0.39 is 0 Å². The van der Waals surface area contributed by atoms with Crippen LogP contribution in [0.5, 0.6) is 0 Å². The molecule has 126 valence electrons. The number of benzene rings is 1. The molecule has 0 aliphatic heterocycles. The molecule has 0 N–H and O–H groups in total. The van der Waals surface area contributed by atoms with Crippen molar-refractivity contribution >= 4 is 32.6 Å². The first-order valence-corrected chi connectivity index (χ1v) is 8.25. The summed E-state index contributed by atoms with van der Waals surface area (Å²) in [5.41, 5.74) is 0.796. The van der Waals surface area contributed by atoms with Gasteiger partial charge in [-0.25, -0.2) is 9.37 Å². The van der Waals surface area contributed by atoms with E-state index in [2.05, 4.69) is 10.1 Å². The molecule has 0 spiro atoms. The van der Waals surface area contributed by atoms with Crippen molar-refractivity contribution in [3.63, 3.8) is 0 Å². The number of amides is 1. The molecule has 8 heteroatoms. The van der Waals surface area contributed by atoms with Crippen molar-refractivity contribution in [2.75, 3.05) is 4.90 Å². The van der Waals surface area contributed by atoms with E-state index in [1.54, 1.807) is 31.2 Å². The first kappa shape index (κ1) is 15.5. The topological polar surface area (TPSA) is 72.4 Å². The van der Waals surface area contributed by atoms with Gasteiger partial charge in [0.25, 0.3) is 5.91 Å². The van der Waals surface area contributed by atoms with Gasteiger partial charge in [-0.1, -0.05) is 16.5 Å². The Labute approximate surface area is 145 Å². The zero-order valence-electron chi connectivity index (χ0n) is 13.1. The third-order valence-electron chi connectivity index (χ3n) is 3.56. The van der Waals surface area contributed by atoms with Crippen LogP contribution in [-0.4, -0.2) is 16.0 Å². The lowest BCUT2D eigenvalue weighted by Gasteiger charge is -2.17. The van der Waals surface area contributed by atoms with Crippen molar-refractivity contribution in [1.29, 1.82) is 0 Å². The summed E-state index contributed by atoms with van der Waals surface area (Å²) in [6.07, 6.45) is 1.53. The third-order valence-corrected chi connectivity index (χ3v) is 4.60. The SMILES string of the molecule is Cc1cc(C(=O)N(Cc2ccco2)c2nc3ccc(F)cc3s2)no1. The number of aryl methyl sites for hydroxylation is 1. The lowest BCUT2D eigenvalue weighted by atomic mass is 10.3. The lowest BCUT2D eigenvalue weighted by molar-refractivity contribution is 0.0974. The maximum atomic E-state index is 13.4. The summed E-state index contributed by atoms with van der Waals surface area (Å²) < 4.78 is 24.4. The van der Waals surface area contributed by atoms with Gasteiger partial charge in [-0.05, 0) is 37.3 Å². The Morgan fingerprint density at radius 1 is 1.32 bits per heavy atom. The van der Waals surface area contributed by atoms with Crippen molar-refractivity contribution in [3.8, 4) is 0 Å². The summed E-state index contributed by atoms with van der Waals surface area (Å²) in [5.74, 6) is 0.415. The van der Waals surface area contributed by atoms with E-state index in [-0.39, 0.29) is 24.0 Å². The molecule has 4 rings (SSSR count). The van der Waals surface area contributed by atoms with Crippen molar-refractivity contribution < 1.29 is 18.1 Å². The highest BCUT2D eigenvalue weighted by atomic mass is 32.1. The Hall–Kier alpha value is -3.00. The minimum Gasteiger partial charge on any atom is -0.467 e. The van der Waals surface area contributed by atoms with E-state index in [0.717, 1.165) is 0 Å². The summed E-state index contributed by atoms with van der Waals surface area (Å²) in [5, 5.41) is 4.21. The van der Waals surface area contributed by atoms with Crippen LogP contribution in [-0.2, 0) is 6.54 Å². The van der Waals surface area contributed by atoms with Crippen molar-refractivity contribution in [3.05, 3.63) is 65.7 Å². The molecular formula is C17H12FN3O3S. The second-order valence-corrected chi connectivity index (χ2v) is 6.41. The number of halogens is 1. The van der Waals surface area contributed by atoms with E-state index >= 15 is 0 Å². The molecule has 0 bridgehead atoms. The molecule has 0 saturated heterocycles. The fourth-order valence-corrected chi connectivity index (χ4v) is 3.38. The number of thiazole rings is 1. The molecule has 6 nitrogen and oxygen atoms in total. The van der Waals surface area contributed by atoms with Crippen molar-refractivity contribution in [2.45, 2.75) is 13.5 Å². The van der Waals surface area contributed by atoms with Gasteiger partial charge < -0.3 is 8.94 Å². The molecule has 4 aromatic rings. The fourth-order valence-electron chi connectivity index (χ4n) is 2.39. The van der Waals surface area contributed by atoms with E-state index in [1.807, 2.05) is 0 Å². The smallest absolute Gasteiger partial charge is 0.282 e. The second kappa shape index (κ2) is 6.14. The molecule has 0 aliphatic rings. The van der Waals surface area contributed by atoms with Gasteiger partial charge in [-0.3, -0.25) is 9.69 Å². The number of hydrogen-bond donors (Lipinski definition) is 0. The molecule has 3 heterocycles. The fraction of sp³-hybridized carbons (Fsp3) is 0.118. The quantitative estimate of drug-likeness (QED) is 0.548. The number of fused-ring (bicyclic) bond motifs is 1. The highest BCUT2D eigenvalue weighted by molar-refractivity contribution is 7.22. The third kappa shape index (κ3) is 3.03. The molecule has 0 saturated carbocycles. The van der Waals surface area contributed by atoms with Crippen LogP contribution in [0.1, 0.15) is 22.0 Å². The van der Waals surface area contributed by atoms with Gasteiger partial charge >= 0.3 is 0 Å². The summed E-state index contributed by atoms with van der Waals surface area (Å²) in [6.45, 7) is 1.89. The van der Waals surface area contributed by atoms with Crippen molar-refractivity contribution in [1.82, 2.24) is 10.1 Å². The number of rotatable bonds is 4. The van der Waals surface area contributed by atoms with Crippen LogP contribution in [0.25, 0.3) is 10.2 Å². The highest BCUT2D eigenvalue weighted by Crippen LogP contribution is 2.31. The summed E-state index contributed by atoms with van der Waals surface area (Å²) in [4.78, 5) is 18.8. The lowest BCUT2D eigenvalue weighted by Crippen LogP contribution is -2.30. The molecule has 1 amide bonds. The van der Waals surface area contributed by atoms with Crippen LogP contribution >= 0.6 is 11.3 Å². The predicted octanol–water partition coefficient (Wildman–Crippen LogP) is 4.17. The van der Waals surface area contributed by atoms with Gasteiger partial charge in [0, 0.05) is 6.07 Å². The zero-order chi connectivity index (χ0) is 17.4. The average Bonchev–Trinajstić information content (AvgIpc) is 3.31. The summed E-state index contributed by atoms with van der Waals surface area (Å²) in [6, 6.07) is 9.38. The molecule has 25 heavy (non-hydrogen) atoms. The molecule has 0 fully saturated rings. The molecule has 1 aromatic carbocycles. The van der Waals surface area contributed by atoms with Crippen molar-refractivity contribution in [2.24, 2.45) is 0 Å². The largest absolute Gasteiger partial charge is 0.467 e. The van der Waals surface area contributed by atoms with Gasteiger partial charge in [-0.15, -0.1) is 0 Å². The Morgan fingerprint density at radius 2 is 2.20 bits per heavy atom. The zero-order valence-corrected chi connectivity index (χ0v) is 13.9. The Kier molecular flexibility index (Phi) is 3.81. The number of carbonyl (C=O) groups excluding carboxylic acids is 1. The van der Waals surface area contributed by atoms with Crippen LogP contribution < -0.4 is 4.90 Å². The maximum absolute atomic E-state index is 13.4. The van der Waals surface area contributed by atoms with Gasteiger partial charge in [0.05, 0.1) is 23.0 Å². The van der Waals surface area contributed by atoms with E-state index in [9.17, 15) is 9.18 Å². The summed E-state index contributed by atoms with van der Waals surface area (Å²) in [7, 11) is 0. The Morgan fingerprint density at radius 3 is 2.92 bits per heavy atom. The number of nitrogens with zero attached hydrogens (tertiary/aromatic N) is 3. The molecule has 0 aliphatic carbocycles. The second-order valence-electron chi connectivity index (χ2n) is 5.40. The van der Waals surface area contributed by atoms with Gasteiger partial charge in [-0.2, -0.15) is 0 Å². The molecular weight excluding hydrogens is 345 g/mol. The Balaban J connectivity index is 1.76. The van der Waals surface area contributed by atoms with Crippen LogP contribution in [0.15, 0.2) is 51.6 Å². The van der Waals surface area contributed by atoms with E-state index in [1.165, 1.54) is 34.6 Å². The van der Waals surface area contributed by atoms with Crippen LogP contribution in [0.4, 0.5) is 9.52 Å². The first-order valence-electron chi connectivity index (χ1n) is 7.44. The van der Waals surface area contributed by atoms with E-state index in [4.69, 9.17) is 8.94 Å². The van der Waals surface area contributed by atoms with E-state index in [0.29, 0.717) is 26.9 Å². The molecule has 3 aromatic heterocycles.